The van der Waals surface area contributed by atoms with Gasteiger partial charge in [0.2, 0.25) is 0 Å². The Morgan fingerprint density at radius 1 is 1.04 bits per heavy atom. The minimum absolute atomic E-state index is 0.131. The molecule has 2 aromatic carbocycles. The molecule has 128 valence electrons. The maximum absolute atomic E-state index is 9.05. The van der Waals surface area contributed by atoms with Crippen molar-refractivity contribution >= 4 is 23.0 Å². The Bertz CT molecular complexity index is 743. The highest BCUT2D eigenvalue weighted by Gasteiger charge is 2.31. The zero-order valence-electron chi connectivity index (χ0n) is 14.3. The van der Waals surface area contributed by atoms with Crippen LogP contribution in [0.5, 0.6) is 0 Å². The van der Waals surface area contributed by atoms with E-state index in [9.17, 15) is 0 Å². The standard InChI is InChI=1S/C21H23N3S/c22-15-16-11-13-19(14-12-16)24(21(23)25)20(17-7-3-1-4-8-17)18-9-5-2-6-10-18/h1,3-4,7-8,11-14,18,20H,2,5-6,9-10H2,(H2,23,25)/t20-/m0/s1. The predicted molar refractivity (Wildman–Crippen MR) is 106 cm³/mol. The van der Waals surface area contributed by atoms with Crippen molar-refractivity contribution in [3.05, 3.63) is 65.7 Å². The van der Waals surface area contributed by atoms with Gasteiger partial charge in [0.1, 0.15) is 0 Å². The third kappa shape index (κ3) is 4.00. The number of nitrogens with two attached hydrogens (primary N) is 1. The van der Waals surface area contributed by atoms with Crippen LogP contribution < -0.4 is 10.6 Å². The molecule has 3 rings (SSSR count). The molecule has 0 spiro atoms. The van der Waals surface area contributed by atoms with Gasteiger partial charge in [-0.05, 0) is 60.8 Å². The molecule has 4 heteroatoms. The van der Waals surface area contributed by atoms with Crippen LogP contribution in [0, 0.1) is 17.2 Å². The highest BCUT2D eigenvalue weighted by Crippen LogP contribution is 2.40. The molecule has 0 aliphatic heterocycles. The van der Waals surface area contributed by atoms with Crippen LogP contribution in [0.3, 0.4) is 0 Å². The summed E-state index contributed by atoms with van der Waals surface area (Å²) in [5, 5.41) is 9.43. The summed E-state index contributed by atoms with van der Waals surface area (Å²) in [5.41, 5.74) is 9.01. The van der Waals surface area contributed by atoms with Crippen molar-refractivity contribution in [1.29, 1.82) is 5.26 Å². The van der Waals surface area contributed by atoms with E-state index >= 15 is 0 Å². The fraction of sp³-hybridized carbons (Fsp3) is 0.333. The molecule has 1 saturated carbocycles. The molecule has 2 aromatic rings. The van der Waals surface area contributed by atoms with Crippen molar-refractivity contribution in [2.24, 2.45) is 11.7 Å². The second-order valence-electron chi connectivity index (χ2n) is 6.62. The summed E-state index contributed by atoms with van der Waals surface area (Å²) in [6, 6.07) is 20.3. The maximum Gasteiger partial charge on any atom is 0.171 e. The number of rotatable bonds is 4. The fourth-order valence-corrected chi connectivity index (χ4v) is 4.07. The first-order valence-corrected chi connectivity index (χ1v) is 9.25. The quantitative estimate of drug-likeness (QED) is 0.795. The Morgan fingerprint density at radius 3 is 2.24 bits per heavy atom. The molecule has 0 amide bonds. The largest absolute Gasteiger partial charge is 0.376 e. The van der Waals surface area contributed by atoms with Crippen LogP contribution in [0.15, 0.2) is 54.6 Å². The summed E-state index contributed by atoms with van der Waals surface area (Å²) in [6.07, 6.45) is 6.20. The molecule has 2 N–H and O–H groups in total. The monoisotopic (exact) mass is 349 g/mol. The molecule has 1 fully saturated rings. The van der Waals surface area contributed by atoms with Crippen molar-refractivity contribution in [2.45, 2.75) is 38.1 Å². The lowest BCUT2D eigenvalue weighted by Gasteiger charge is -2.39. The molecule has 1 aliphatic rings. The maximum atomic E-state index is 9.05. The average molecular weight is 350 g/mol. The molecular formula is C21H23N3S. The van der Waals surface area contributed by atoms with E-state index in [0.717, 1.165) is 5.69 Å². The highest BCUT2D eigenvalue weighted by atomic mass is 32.1. The topological polar surface area (TPSA) is 53.0 Å². The van der Waals surface area contributed by atoms with E-state index in [0.29, 0.717) is 16.6 Å². The summed E-state index contributed by atoms with van der Waals surface area (Å²) < 4.78 is 0. The molecule has 25 heavy (non-hydrogen) atoms. The van der Waals surface area contributed by atoms with Gasteiger partial charge in [0.25, 0.3) is 0 Å². The lowest BCUT2D eigenvalue weighted by Crippen LogP contribution is -2.42. The van der Waals surface area contributed by atoms with Gasteiger partial charge < -0.3 is 10.6 Å². The summed E-state index contributed by atoms with van der Waals surface area (Å²) in [7, 11) is 0. The third-order valence-corrected chi connectivity index (χ3v) is 5.22. The first-order valence-electron chi connectivity index (χ1n) is 8.84. The first kappa shape index (κ1) is 17.4. The van der Waals surface area contributed by atoms with E-state index in [-0.39, 0.29) is 6.04 Å². The van der Waals surface area contributed by atoms with E-state index in [4.69, 9.17) is 23.2 Å². The smallest absolute Gasteiger partial charge is 0.171 e. The van der Waals surface area contributed by atoms with Gasteiger partial charge >= 0.3 is 0 Å². The van der Waals surface area contributed by atoms with E-state index in [1.807, 2.05) is 30.3 Å². The molecule has 0 saturated heterocycles. The summed E-state index contributed by atoms with van der Waals surface area (Å²) in [4.78, 5) is 2.07. The van der Waals surface area contributed by atoms with Crippen molar-refractivity contribution in [3.63, 3.8) is 0 Å². The van der Waals surface area contributed by atoms with Gasteiger partial charge in [-0.15, -0.1) is 0 Å². The van der Waals surface area contributed by atoms with E-state index in [1.165, 1.54) is 37.7 Å². The molecule has 0 heterocycles. The Labute approximate surface area is 155 Å². The Morgan fingerprint density at radius 2 is 1.68 bits per heavy atom. The van der Waals surface area contributed by atoms with Crippen LogP contribution >= 0.6 is 12.2 Å². The fourth-order valence-electron chi connectivity index (χ4n) is 3.85. The molecule has 1 aliphatic carbocycles. The third-order valence-electron chi connectivity index (χ3n) is 5.03. The SMILES string of the molecule is N#Cc1ccc(N(C(N)=S)[C@@H](c2ccccc2)C2CCCCC2)cc1. The summed E-state index contributed by atoms with van der Waals surface area (Å²) in [6.45, 7) is 0. The van der Waals surface area contributed by atoms with E-state index in [1.54, 1.807) is 0 Å². The molecule has 0 bridgehead atoms. The van der Waals surface area contributed by atoms with Gasteiger partial charge in [0.15, 0.2) is 5.11 Å². The number of anilines is 1. The lowest BCUT2D eigenvalue weighted by atomic mass is 9.80. The lowest BCUT2D eigenvalue weighted by molar-refractivity contribution is 0.308. The number of nitrogens with zero attached hydrogens (tertiary/aromatic N) is 2. The number of hydrogen-bond donors (Lipinski definition) is 1. The van der Waals surface area contributed by atoms with Crippen LogP contribution in [0.4, 0.5) is 5.69 Å². The van der Waals surface area contributed by atoms with E-state index < -0.39 is 0 Å². The van der Waals surface area contributed by atoms with Crippen molar-refractivity contribution < 1.29 is 0 Å². The predicted octanol–water partition coefficient (Wildman–Crippen LogP) is 4.93. The first-order chi connectivity index (χ1) is 12.2. The molecule has 0 aromatic heterocycles. The number of hydrogen-bond acceptors (Lipinski definition) is 2. The number of benzene rings is 2. The van der Waals surface area contributed by atoms with Gasteiger partial charge in [0.05, 0.1) is 17.7 Å². The molecule has 0 unspecified atom stereocenters. The van der Waals surface area contributed by atoms with Gasteiger partial charge in [0, 0.05) is 5.69 Å². The molecule has 0 radical (unpaired) electrons. The van der Waals surface area contributed by atoms with Crippen molar-refractivity contribution in [2.75, 3.05) is 4.90 Å². The minimum atomic E-state index is 0.131. The van der Waals surface area contributed by atoms with E-state index in [2.05, 4.69) is 35.2 Å². The van der Waals surface area contributed by atoms with Crippen LogP contribution in [0.2, 0.25) is 0 Å². The number of thiocarbonyl (C=S) groups is 1. The number of nitriles is 1. The average Bonchev–Trinajstić information content (AvgIpc) is 2.67. The second-order valence-corrected chi connectivity index (χ2v) is 7.04. The highest BCUT2D eigenvalue weighted by molar-refractivity contribution is 7.80. The zero-order valence-corrected chi connectivity index (χ0v) is 15.1. The molecule has 3 nitrogen and oxygen atoms in total. The normalized spacial score (nSPS) is 16.0. The second kappa shape index (κ2) is 8.13. The van der Waals surface area contributed by atoms with Gasteiger partial charge in [-0.3, -0.25) is 0 Å². The van der Waals surface area contributed by atoms with Gasteiger partial charge in [-0.2, -0.15) is 5.26 Å². The van der Waals surface area contributed by atoms with Crippen LogP contribution in [0.25, 0.3) is 0 Å². The molecular weight excluding hydrogens is 326 g/mol. The van der Waals surface area contributed by atoms with Crippen molar-refractivity contribution in [3.8, 4) is 6.07 Å². The van der Waals surface area contributed by atoms with Gasteiger partial charge in [-0.1, -0.05) is 49.6 Å². The van der Waals surface area contributed by atoms with Crippen LogP contribution in [-0.4, -0.2) is 5.11 Å². The Hall–Kier alpha value is -2.38. The van der Waals surface area contributed by atoms with Crippen LogP contribution in [0.1, 0.15) is 49.3 Å². The Kier molecular flexibility index (Phi) is 5.67. The van der Waals surface area contributed by atoms with Crippen LogP contribution in [-0.2, 0) is 0 Å². The van der Waals surface area contributed by atoms with Crippen molar-refractivity contribution in [1.82, 2.24) is 0 Å². The van der Waals surface area contributed by atoms with Gasteiger partial charge in [-0.25, -0.2) is 0 Å². The summed E-state index contributed by atoms with van der Waals surface area (Å²) in [5.74, 6) is 0.522. The molecule has 1 atom stereocenters. The minimum Gasteiger partial charge on any atom is -0.376 e. The summed E-state index contributed by atoms with van der Waals surface area (Å²) >= 11 is 5.44. The Balaban J connectivity index is 2.03. The zero-order chi connectivity index (χ0) is 17.6.